The van der Waals surface area contributed by atoms with Gasteiger partial charge in [0.1, 0.15) is 18.4 Å². The van der Waals surface area contributed by atoms with Gasteiger partial charge < -0.3 is 41.1 Å². The summed E-state index contributed by atoms with van der Waals surface area (Å²) in [6.07, 6.45) is -4.21. The lowest BCUT2D eigenvalue weighted by Gasteiger charge is -2.28. The molecule has 1 saturated heterocycles. The van der Waals surface area contributed by atoms with Gasteiger partial charge in [0.15, 0.2) is 6.10 Å². The van der Waals surface area contributed by atoms with Crippen LogP contribution in [0.5, 0.6) is 0 Å². The van der Waals surface area contributed by atoms with Crippen molar-refractivity contribution in [3.63, 3.8) is 0 Å². The van der Waals surface area contributed by atoms with Gasteiger partial charge in [-0.05, 0) is 17.7 Å². The SMILES string of the molecule is CN(C)c1ccc(CNC(=O)c2nccn2[C@]2(O)O[C@H](C(N)O)[C@@H](O)[C@H]2O)cc1.Cl. The lowest BCUT2D eigenvalue weighted by atomic mass is 10.1. The molecule has 0 radical (unpaired) electrons. The molecule has 1 amide bonds. The van der Waals surface area contributed by atoms with Gasteiger partial charge in [-0.15, -0.1) is 12.4 Å². The molecule has 11 nitrogen and oxygen atoms in total. The second-order valence-electron chi connectivity index (χ2n) is 7.03. The number of aliphatic hydroxyl groups excluding tert-OH is 3. The summed E-state index contributed by atoms with van der Waals surface area (Å²) in [7, 11) is 3.85. The van der Waals surface area contributed by atoms with Gasteiger partial charge in [-0.2, -0.15) is 0 Å². The van der Waals surface area contributed by atoms with Crippen LogP contribution in [0.4, 0.5) is 5.69 Å². The molecule has 12 heteroatoms. The van der Waals surface area contributed by atoms with Gasteiger partial charge >= 0.3 is 0 Å². The number of aromatic nitrogens is 2. The highest BCUT2D eigenvalue weighted by Gasteiger charge is 2.57. The first-order valence-electron chi connectivity index (χ1n) is 8.93. The molecule has 1 aromatic heterocycles. The Hall–Kier alpha value is -2.25. The Bertz CT molecular complexity index is 861. The van der Waals surface area contributed by atoms with Gasteiger partial charge in [-0.3, -0.25) is 9.36 Å². The number of carbonyl (C=O) groups is 1. The normalized spacial score (nSPS) is 26.7. The highest BCUT2D eigenvalue weighted by Crippen LogP contribution is 2.34. The number of nitrogens with two attached hydrogens (primary N) is 1. The number of rotatable bonds is 6. The first-order chi connectivity index (χ1) is 13.6. The molecule has 1 unspecified atom stereocenters. The van der Waals surface area contributed by atoms with Crippen molar-refractivity contribution in [3.8, 4) is 0 Å². The van der Waals surface area contributed by atoms with E-state index in [1.165, 1.54) is 12.4 Å². The van der Waals surface area contributed by atoms with Crippen LogP contribution in [-0.4, -0.2) is 74.5 Å². The lowest BCUT2D eigenvalue weighted by Crippen LogP contribution is -2.47. The van der Waals surface area contributed by atoms with Crippen LogP contribution in [0.25, 0.3) is 0 Å². The van der Waals surface area contributed by atoms with E-state index in [0.717, 1.165) is 15.8 Å². The van der Waals surface area contributed by atoms with Crippen LogP contribution in [0, 0.1) is 0 Å². The number of imidazole rings is 1. The summed E-state index contributed by atoms with van der Waals surface area (Å²) >= 11 is 0. The maximum atomic E-state index is 12.6. The first-order valence-corrected chi connectivity index (χ1v) is 8.93. The molecule has 3 rings (SSSR count). The van der Waals surface area contributed by atoms with E-state index in [9.17, 15) is 25.2 Å². The molecule has 166 valence electrons. The molecule has 7 N–H and O–H groups in total. The van der Waals surface area contributed by atoms with Crippen molar-refractivity contribution >= 4 is 24.0 Å². The number of anilines is 1. The molecule has 1 fully saturated rings. The van der Waals surface area contributed by atoms with Crippen molar-refractivity contribution in [2.45, 2.75) is 37.0 Å². The Kier molecular flexibility index (Phi) is 7.42. The third-order valence-electron chi connectivity index (χ3n) is 4.79. The fourth-order valence-electron chi connectivity index (χ4n) is 3.12. The van der Waals surface area contributed by atoms with E-state index in [0.29, 0.717) is 0 Å². The van der Waals surface area contributed by atoms with Gasteiger partial charge in [0.2, 0.25) is 5.82 Å². The number of nitrogens with zero attached hydrogens (tertiary/aromatic N) is 3. The summed E-state index contributed by atoms with van der Waals surface area (Å²) in [5.41, 5.74) is 7.17. The molecular weight excluding hydrogens is 418 g/mol. The summed E-state index contributed by atoms with van der Waals surface area (Å²) in [4.78, 5) is 18.4. The predicted molar refractivity (Wildman–Crippen MR) is 109 cm³/mol. The Morgan fingerprint density at radius 3 is 2.53 bits per heavy atom. The number of hydrogen-bond donors (Lipinski definition) is 6. The van der Waals surface area contributed by atoms with Crippen LogP contribution in [0.1, 0.15) is 16.2 Å². The van der Waals surface area contributed by atoms with Crippen molar-refractivity contribution in [2.75, 3.05) is 19.0 Å². The molecule has 30 heavy (non-hydrogen) atoms. The average molecular weight is 444 g/mol. The topological polar surface area (TPSA) is 166 Å². The number of halogens is 1. The molecule has 1 aliphatic heterocycles. The number of carbonyl (C=O) groups excluding carboxylic acids is 1. The molecule has 1 aromatic carbocycles. The fraction of sp³-hybridized carbons (Fsp3) is 0.444. The van der Waals surface area contributed by atoms with Gasteiger partial charge in [-0.1, -0.05) is 12.1 Å². The highest BCUT2D eigenvalue weighted by atomic mass is 35.5. The number of amides is 1. The number of aliphatic hydroxyl groups is 4. The van der Waals surface area contributed by atoms with Crippen molar-refractivity contribution in [2.24, 2.45) is 5.73 Å². The predicted octanol–water partition coefficient (Wildman–Crippen LogP) is -1.70. The van der Waals surface area contributed by atoms with Crippen LogP contribution in [0.3, 0.4) is 0 Å². The quantitative estimate of drug-likeness (QED) is 0.285. The maximum Gasteiger partial charge on any atom is 0.287 e. The molecule has 0 aliphatic carbocycles. The number of hydrogen-bond acceptors (Lipinski definition) is 9. The number of nitrogens with one attached hydrogen (secondary N) is 1. The van der Waals surface area contributed by atoms with Gasteiger partial charge in [-0.25, -0.2) is 4.98 Å². The van der Waals surface area contributed by atoms with Gasteiger partial charge in [0.05, 0.1) is 0 Å². The van der Waals surface area contributed by atoms with E-state index >= 15 is 0 Å². The van der Waals surface area contributed by atoms with Crippen LogP contribution >= 0.6 is 12.4 Å². The van der Waals surface area contributed by atoms with E-state index in [-0.39, 0.29) is 24.8 Å². The van der Waals surface area contributed by atoms with Crippen LogP contribution < -0.4 is 16.0 Å². The zero-order valence-corrected chi connectivity index (χ0v) is 17.2. The van der Waals surface area contributed by atoms with Gasteiger partial charge in [0.25, 0.3) is 11.8 Å². The Morgan fingerprint density at radius 2 is 2.00 bits per heavy atom. The standard InChI is InChI=1S/C18H25N5O6.ClH/c1-22(2)11-5-3-10(4-6-11)9-21-17(27)16-20-7-8-23(16)18(28)14(25)12(24)13(29-18)15(19)26;/h3-8,12-15,24-26,28H,9,19H2,1-2H3,(H,21,27);1H/t12-,13+,14-,15?,18-;/m1./s1. The van der Waals surface area contributed by atoms with Crippen molar-refractivity contribution in [3.05, 3.63) is 48.0 Å². The van der Waals surface area contributed by atoms with Crippen LogP contribution in [-0.2, 0) is 17.2 Å². The zero-order valence-electron chi connectivity index (χ0n) is 16.4. The third kappa shape index (κ3) is 4.42. The summed E-state index contributed by atoms with van der Waals surface area (Å²) in [5.74, 6) is -3.42. The third-order valence-corrected chi connectivity index (χ3v) is 4.79. The second kappa shape index (κ2) is 9.27. The van der Waals surface area contributed by atoms with Crippen LogP contribution in [0.15, 0.2) is 36.7 Å². The number of benzene rings is 1. The highest BCUT2D eigenvalue weighted by molar-refractivity contribution is 5.90. The molecule has 2 aromatic rings. The minimum absolute atomic E-state index is 0. The molecule has 2 heterocycles. The largest absolute Gasteiger partial charge is 0.387 e. The van der Waals surface area contributed by atoms with E-state index in [1.807, 2.05) is 43.3 Å². The smallest absolute Gasteiger partial charge is 0.287 e. The minimum atomic E-state index is -2.53. The first kappa shape index (κ1) is 24.0. The van der Waals surface area contributed by atoms with Crippen LogP contribution in [0.2, 0.25) is 0 Å². The minimum Gasteiger partial charge on any atom is -0.387 e. The average Bonchev–Trinajstić information content (AvgIpc) is 3.27. The van der Waals surface area contributed by atoms with Gasteiger partial charge in [0, 0.05) is 38.7 Å². The molecule has 0 bridgehead atoms. The zero-order chi connectivity index (χ0) is 21.3. The van der Waals surface area contributed by atoms with E-state index in [1.54, 1.807) is 0 Å². The lowest BCUT2D eigenvalue weighted by molar-refractivity contribution is -0.293. The Labute approximate surface area is 179 Å². The molecule has 0 spiro atoms. The Morgan fingerprint density at radius 1 is 1.37 bits per heavy atom. The molecule has 1 aliphatic rings. The fourth-order valence-corrected chi connectivity index (χ4v) is 3.12. The van der Waals surface area contributed by atoms with E-state index in [4.69, 9.17) is 10.5 Å². The molecule has 0 saturated carbocycles. The Balaban J connectivity index is 0.00000320. The van der Waals surface area contributed by atoms with Crippen molar-refractivity contribution in [1.29, 1.82) is 0 Å². The summed E-state index contributed by atoms with van der Waals surface area (Å²) in [6, 6.07) is 7.55. The molecule has 5 atom stereocenters. The summed E-state index contributed by atoms with van der Waals surface area (Å²) < 4.78 is 6.07. The second-order valence-corrected chi connectivity index (χ2v) is 7.03. The summed E-state index contributed by atoms with van der Waals surface area (Å²) in [5, 5.41) is 43.1. The molecular formula is C18H26ClN5O6. The summed E-state index contributed by atoms with van der Waals surface area (Å²) in [6.45, 7) is 0.202. The maximum absolute atomic E-state index is 12.6. The van der Waals surface area contributed by atoms with E-state index in [2.05, 4.69) is 10.3 Å². The monoisotopic (exact) mass is 443 g/mol. The van der Waals surface area contributed by atoms with Crippen molar-refractivity contribution < 1.29 is 30.0 Å². The number of ether oxygens (including phenoxy) is 1. The van der Waals surface area contributed by atoms with E-state index < -0.39 is 36.4 Å². The van der Waals surface area contributed by atoms with Crippen molar-refractivity contribution in [1.82, 2.24) is 14.9 Å².